The largest absolute Gasteiger partial charge is 0.507 e. The normalized spacial score (nSPS) is 12.9. The Morgan fingerprint density at radius 2 is 0.851 bits per heavy atom. The molecule has 0 aliphatic heterocycles. The minimum absolute atomic E-state index is 0.0444. The van der Waals surface area contributed by atoms with E-state index in [2.05, 4.69) is 118 Å². The van der Waals surface area contributed by atoms with Gasteiger partial charge in [0.05, 0.1) is 0 Å². The van der Waals surface area contributed by atoms with Gasteiger partial charge in [0.15, 0.2) is 0 Å². The minimum atomic E-state index is -0.210. The lowest BCUT2D eigenvalue weighted by atomic mass is 9.75. The maximum Gasteiger partial charge on any atom is 0.122 e. The molecule has 0 aliphatic carbocycles. The van der Waals surface area contributed by atoms with Crippen molar-refractivity contribution >= 4 is 12.6 Å². The average Bonchev–Trinajstić information content (AvgIpc) is 2.94. The van der Waals surface area contributed by atoms with Gasteiger partial charge in [-0.25, -0.2) is 0 Å². The molecule has 0 aliphatic rings. The average molecular weight is 655 g/mol. The number of rotatable bonds is 5. The fraction of sp³-hybridized carbons (Fsp3) is 0.442. The molecule has 0 amide bonds. The highest BCUT2D eigenvalue weighted by molar-refractivity contribution is 7.80. The van der Waals surface area contributed by atoms with Crippen LogP contribution in [0.3, 0.4) is 0 Å². The van der Waals surface area contributed by atoms with Gasteiger partial charge in [-0.15, -0.1) is 12.6 Å². The quantitative estimate of drug-likeness (QED) is 0.162. The fourth-order valence-corrected chi connectivity index (χ4v) is 6.38. The smallest absolute Gasteiger partial charge is 0.122 e. The standard InChI is InChI=1S/C37H52O3.C6H6S/c1-21(25-14-22(2)32(38)29(18-25)35(5,6)7)17-28(26-15-23(3)33(39)30(19-26)36(8,9)10)27-16-24(4)34(40)31(20-27)37(11,12)13;7-6-4-2-1-3-5-6/h14-16,18-21,28,38-40H,17H2,1-13H3;1-5,7H. The van der Waals surface area contributed by atoms with Gasteiger partial charge in [-0.2, -0.15) is 0 Å². The van der Waals surface area contributed by atoms with Crippen molar-refractivity contribution in [3.05, 3.63) is 117 Å². The van der Waals surface area contributed by atoms with E-state index in [1.54, 1.807) is 0 Å². The van der Waals surface area contributed by atoms with Crippen molar-refractivity contribution in [2.24, 2.45) is 0 Å². The summed E-state index contributed by atoms with van der Waals surface area (Å²) in [6.07, 6.45) is 0.843. The van der Waals surface area contributed by atoms with E-state index in [0.717, 1.165) is 44.7 Å². The molecule has 254 valence electrons. The van der Waals surface area contributed by atoms with Crippen LogP contribution in [-0.2, 0) is 16.2 Å². The summed E-state index contributed by atoms with van der Waals surface area (Å²) in [5.41, 5.74) is 8.48. The van der Waals surface area contributed by atoms with Crippen LogP contribution in [0, 0.1) is 20.8 Å². The van der Waals surface area contributed by atoms with Crippen molar-refractivity contribution < 1.29 is 15.3 Å². The summed E-state index contributed by atoms with van der Waals surface area (Å²) in [6.45, 7) is 27.5. The zero-order valence-corrected chi connectivity index (χ0v) is 31.9. The molecule has 0 fully saturated rings. The summed E-state index contributed by atoms with van der Waals surface area (Å²) < 4.78 is 0. The van der Waals surface area contributed by atoms with Crippen LogP contribution < -0.4 is 0 Å². The highest BCUT2D eigenvalue weighted by Gasteiger charge is 2.29. The summed E-state index contributed by atoms with van der Waals surface area (Å²) in [6, 6.07) is 22.7. The van der Waals surface area contributed by atoms with Crippen LogP contribution >= 0.6 is 12.6 Å². The molecule has 4 aromatic carbocycles. The van der Waals surface area contributed by atoms with E-state index in [4.69, 9.17) is 0 Å². The number of hydrogen-bond acceptors (Lipinski definition) is 4. The minimum Gasteiger partial charge on any atom is -0.507 e. The monoisotopic (exact) mass is 654 g/mol. The molecule has 1 unspecified atom stereocenters. The highest BCUT2D eigenvalue weighted by atomic mass is 32.1. The number of benzene rings is 4. The Bertz CT molecular complexity index is 1610. The van der Waals surface area contributed by atoms with E-state index in [-0.39, 0.29) is 28.1 Å². The Hall–Kier alpha value is -3.37. The Balaban J connectivity index is 0.000000756. The number of phenolic OH excluding ortho intramolecular Hbond substituents is 3. The second kappa shape index (κ2) is 14.4. The van der Waals surface area contributed by atoms with E-state index in [0.29, 0.717) is 17.2 Å². The predicted octanol–water partition coefficient (Wildman–Crippen LogP) is 11.9. The molecule has 3 N–H and O–H groups in total. The van der Waals surface area contributed by atoms with Gasteiger partial charge >= 0.3 is 0 Å². The Morgan fingerprint density at radius 3 is 1.15 bits per heavy atom. The van der Waals surface area contributed by atoms with Gasteiger partial charge in [-0.3, -0.25) is 0 Å². The first-order valence-corrected chi connectivity index (χ1v) is 17.2. The second-order valence-corrected chi connectivity index (χ2v) is 17.0. The molecule has 1 atom stereocenters. The Morgan fingerprint density at radius 1 is 0.532 bits per heavy atom. The first kappa shape index (κ1) is 38.1. The predicted molar refractivity (Wildman–Crippen MR) is 203 cm³/mol. The van der Waals surface area contributed by atoms with Crippen molar-refractivity contribution in [3.8, 4) is 17.2 Å². The summed E-state index contributed by atoms with van der Waals surface area (Å²) in [4.78, 5) is 1.02. The third kappa shape index (κ3) is 9.38. The fourth-order valence-electron chi connectivity index (χ4n) is 6.21. The third-order valence-electron chi connectivity index (χ3n) is 9.11. The molecule has 47 heavy (non-hydrogen) atoms. The molecule has 4 aromatic rings. The molecule has 0 heterocycles. The summed E-state index contributed by atoms with van der Waals surface area (Å²) in [5, 5.41) is 32.9. The maximum absolute atomic E-state index is 11.0. The molecule has 0 radical (unpaired) electrons. The molecule has 0 bridgehead atoms. The molecule has 4 heteroatoms. The van der Waals surface area contributed by atoms with E-state index >= 15 is 0 Å². The van der Waals surface area contributed by atoms with Crippen LogP contribution in [-0.4, -0.2) is 15.3 Å². The SMILES string of the molecule is Cc1cc(C(C)CC(c2cc(C)c(O)c(C(C)(C)C)c2)c2cc(C)c(O)c(C(C)(C)C)c2)cc(C(C)(C)C)c1O.Sc1ccccc1. The lowest BCUT2D eigenvalue weighted by molar-refractivity contribution is 0.441. The van der Waals surface area contributed by atoms with Crippen molar-refractivity contribution in [2.45, 2.75) is 129 Å². The first-order valence-electron chi connectivity index (χ1n) is 16.8. The van der Waals surface area contributed by atoms with Gasteiger partial charge < -0.3 is 15.3 Å². The van der Waals surface area contributed by atoms with Crippen molar-refractivity contribution in [3.63, 3.8) is 0 Å². The van der Waals surface area contributed by atoms with E-state index in [1.165, 1.54) is 16.7 Å². The highest BCUT2D eigenvalue weighted by Crippen LogP contribution is 2.45. The van der Waals surface area contributed by atoms with Crippen molar-refractivity contribution in [1.29, 1.82) is 0 Å². The molecule has 3 nitrogen and oxygen atoms in total. The number of hydrogen-bond donors (Lipinski definition) is 4. The van der Waals surface area contributed by atoms with Crippen LogP contribution in [0.2, 0.25) is 0 Å². The zero-order valence-electron chi connectivity index (χ0n) is 31.0. The van der Waals surface area contributed by atoms with E-state index in [1.807, 2.05) is 51.1 Å². The van der Waals surface area contributed by atoms with E-state index in [9.17, 15) is 15.3 Å². The molecule has 0 aromatic heterocycles. The number of thiol groups is 1. The van der Waals surface area contributed by atoms with Gasteiger partial charge in [0.1, 0.15) is 17.2 Å². The first-order chi connectivity index (χ1) is 21.5. The van der Waals surface area contributed by atoms with Crippen LogP contribution in [0.5, 0.6) is 17.2 Å². The molecular formula is C43H58O3S. The molecular weight excluding hydrogens is 597 g/mol. The molecule has 0 saturated carbocycles. The van der Waals surface area contributed by atoms with Gasteiger partial charge in [-0.1, -0.05) is 124 Å². The molecule has 0 spiro atoms. The number of phenols is 3. The Labute approximate surface area is 290 Å². The van der Waals surface area contributed by atoms with Gasteiger partial charge in [-0.05, 0) is 112 Å². The number of aromatic hydroxyl groups is 3. The summed E-state index contributed by atoms with van der Waals surface area (Å²) in [5.74, 6) is 1.36. The van der Waals surface area contributed by atoms with E-state index < -0.39 is 0 Å². The lowest BCUT2D eigenvalue weighted by Crippen LogP contribution is -2.16. The Kier molecular flexibility index (Phi) is 11.7. The lowest BCUT2D eigenvalue weighted by Gasteiger charge is -2.30. The van der Waals surface area contributed by atoms with Crippen LogP contribution in [0.1, 0.15) is 138 Å². The third-order valence-corrected chi connectivity index (χ3v) is 9.41. The number of aryl methyl sites for hydroxylation is 3. The zero-order chi connectivity index (χ0) is 35.6. The summed E-state index contributed by atoms with van der Waals surface area (Å²) in [7, 11) is 0. The van der Waals surface area contributed by atoms with Crippen LogP contribution in [0.4, 0.5) is 0 Å². The molecule has 0 saturated heterocycles. The van der Waals surface area contributed by atoms with Crippen LogP contribution in [0.15, 0.2) is 71.6 Å². The van der Waals surface area contributed by atoms with Gasteiger partial charge in [0.2, 0.25) is 0 Å². The second-order valence-electron chi connectivity index (χ2n) is 16.5. The van der Waals surface area contributed by atoms with Crippen LogP contribution in [0.25, 0.3) is 0 Å². The van der Waals surface area contributed by atoms with Gasteiger partial charge in [0.25, 0.3) is 0 Å². The maximum atomic E-state index is 11.0. The topological polar surface area (TPSA) is 60.7 Å². The van der Waals surface area contributed by atoms with Crippen molar-refractivity contribution in [1.82, 2.24) is 0 Å². The summed E-state index contributed by atoms with van der Waals surface area (Å²) >= 11 is 4.08. The molecule has 4 rings (SSSR count). The van der Waals surface area contributed by atoms with Gasteiger partial charge in [0, 0.05) is 10.8 Å². The van der Waals surface area contributed by atoms with Crippen molar-refractivity contribution in [2.75, 3.05) is 0 Å².